The number of hydrogen-bond donors (Lipinski definition) is 1. The van der Waals surface area contributed by atoms with Crippen LogP contribution in [0.3, 0.4) is 0 Å². The molecule has 1 aromatic heterocycles. The van der Waals surface area contributed by atoms with E-state index in [2.05, 4.69) is 15.5 Å². The lowest BCUT2D eigenvalue weighted by molar-refractivity contribution is 0.174. The number of benzene rings is 1. The maximum Gasteiger partial charge on any atom is 0.153 e. The molecule has 5 heteroatoms. The Morgan fingerprint density at radius 2 is 2.07 bits per heavy atom. The highest BCUT2D eigenvalue weighted by molar-refractivity contribution is 5.18. The van der Waals surface area contributed by atoms with Gasteiger partial charge in [-0.05, 0) is 16.0 Å². The first-order valence-electron chi connectivity index (χ1n) is 4.71. The molecular formula is C10H12N4O. The molecule has 0 saturated carbocycles. The number of aliphatic hydroxyl groups excluding tert-OH is 1. The molecule has 15 heavy (non-hydrogen) atoms. The Morgan fingerprint density at radius 1 is 1.33 bits per heavy atom. The van der Waals surface area contributed by atoms with Gasteiger partial charge in [0.15, 0.2) is 5.82 Å². The minimum atomic E-state index is -0.559. The van der Waals surface area contributed by atoms with Crippen molar-refractivity contribution in [1.29, 1.82) is 0 Å². The molecular weight excluding hydrogens is 192 g/mol. The summed E-state index contributed by atoms with van der Waals surface area (Å²) in [6.45, 7) is 0. The molecule has 0 amide bonds. The predicted molar refractivity (Wildman–Crippen MR) is 53.9 cm³/mol. The van der Waals surface area contributed by atoms with Crippen molar-refractivity contribution >= 4 is 0 Å². The molecule has 5 nitrogen and oxygen atoms in total. The molecule has 0 fully saturated rings. The summed E-state index contributed by atoms with van der Waals surface area (Å²) in [5, 5.41) is 21.0. The Hall–Kier alpha value is -1.75. The number of aliphatic hydroxyl groups is 1. The van der Waals surface area contributed by atoms with Gasteiger partial charge < -0.3 is 5.11 Å². The smallest absolute Gasteiger partial charge is 0.153 e. The van der Waals surface area contributed by atoms with Gasteiger partial charge in [-0.1, -0.05) is 30.3 Å². The summed E-state index contributed by atoms with van der Waals surface area (Å²) < 4.78 is 1.56. The average Bonchev–Trinajstić information content (AvgIpc) is 2.66. The Morgan fingerprint density at radius 3 is 2.67 bits per heavy atom. The third-order valence-electron chi connectivity index (χ3n) is 2.27. The fourth-order valence-corrected chi connectivity index (χ4v) is 1.39. The van der Waals surface area contributed by atoms with Crippen molar-refractivity contribution in [3.05, 3.63) is 41.7 Å². The molecule has 0 bridgehead atoms. The SMILES string of the molecule is Cn1nnnc1CC(O)c1ccccc1. The highest BCUT2D eigenvalue weighted by Gasteiger charge is 2.11. The van der Waals surface area contributed by atoms with E-state index in [1.165, 1.54) is 0 Å². The van der Waals surface area contributed by atoms with Gasteiger partial charge in [0.2, 0.25) is 0 Å². The maximum absolute atomic E-state index is 9.91. The van der Waals surface area contributed by atoms with E-state index in [4.69, 9.17) is 0 Å². The zero-order chi connectivity index (χ0) is 10.7. The number of aromatic nitrogens is 4. The molecule has 0 radical (unpaired) electrons. The minimum absolute atomic E-state index is 0.424. The monoisotopic (exact) mass is 204 g/mol. The second-order valence-electron chi connectivity index (χ2n) is 3.35. The van der Waals surface area contributed by atoms with Gasteiger partial charge in [-0.3, -0.25) is 0 Å². The second kappa shape index (κ2) is 4.18. The molecule has 1 aromatic carbocycles. The van der Waals surface area contributed by atoms with Crippen molar-refractivity contribution in [1.82, 2.24) is 20.2 Å². The summed E-state index contributed by atoms with van der Waals surface area (Å²) in [5.74, 6) is 0.673. The Balaban J connectivity index is 2.11. The van der Waals surface area contributed by atoms with E-state index in [0.29, 0.717) is 12.2 Å². The van der Waals surface area contributed by atoms with Crippen LogP contribution in [0.15, 0.2) is 30.3 Å². The molecule has 0 saturated heterocycles. The van der Waals surface area contributed by atoms with Crippen LogP contribution in [0.25, 0.3) is 0 Å². The lowest BCUT2D eigenvalue weighted by atomic mass is 10.1. The quantitative estimate of drug-likeness (QED) is 0.790. The Labute approximate surface area is 87.4 Å². The van der Waals surface area contributed by atoms with Crippen molar-refractivity contribution in [2.45, 2.75) is 12.5 Å². The van der Waals surface area contributed by atoms with Crippen molar-refractivity contribution < 1.29 is 5.11 Å². The van der Waals surface area contributed by atoms with E-state index >= 15 is 0 Å². The number of tetrazole rings is 1. The van der Waals surface area contributed by atoms with E-state index in [1.54, 1.807) is 11.7 Å². The van der Waals surface area contributed by atoms with Crippen molar-refractivity contribution in [2.75, 3.05) is 0 Å². The molecule has 0 aliphatic carbocycles. The molecule has 78 valence electrons. The Kier molecular flexibility index (Phi) is 2.73. The van der Waals surface area contributed by atoms with Gasteiger partial charge in [-0.25, -0.2) is 4.68 Å². The second-order valence-corrected chi connectivity index (χ2v) is 3.35. The first-order chi connectivity index (χ1) is 7.27. The summed E-state index contributed by atoms with van der Waals surface area (Å²) in [6, 6.07) is 9.48. The third-order valence-corrected chi connectivity index (χ3v) is 2.27. The first kappa shape index (κ1) is 9.79. The molecule has 2 rings (SSSR count). The first-order valence-corrected chi connectivity index (χ1v) is 4.71. The van der Waals surface area contributed by atoms with E-state index in [9.17, 15) is 5.11 Å². The van der Waals surface area contributed by atoms with Crippen molar-refractivity contribution in [3.63, 3.8) is 0 Å². The van der Waals surface area contributed by atoms with E-state index < -0.39 is 6.10 Å². The maximum atomic E-state index is 9.91. The lowest BCUT2D eigenvalue weighted by Crippen LogP contribution is -2.07. The predicted octanol–water partition coefficient (Wildman–Crippen LogP) is 0.486. The van der Waals surface area contributed by atoms with Crippen LogP contribution >= 0.6 is 0 Å². The normalized spacial score (nSPS) is 12.7. The molecule has 1 unspecified atom stereocenters. The van der Waals surface area contributed by atoms with Crippen LogP contribution in [0.4, 0.5) is 0 Å². The molecule has 0 aliphatic heterocycles. The van der Waals surface area contributed by atoms with Gasteiger partial charge in [0, 0.05) is 13.5 Å². The summed E-state index contributed by atoms with van der Waals surface area (Å²) in [7, 11) is 1.76. The van der Waals surface area contributed by atoms with Crippen LogP contribution in [-0.2, 0) is 13.5 Å². The largest absolute Gasteiger partial charge is 0.388 e. The van der Waals surface area contributed by atoms with Crippen LogP contribution in [0.2, 0.25) is 0 Å². The highest BCUT2D eigenvalue weighted by Crippen LogP contribution is 2.15. The van der Waals surface area contributed by atoms with Gasteiger partial charge in [-0.2, -0.15) is 0 Å². The average molecular weight is 204 g/mol. The summed E-state index contributed by atoms with van der Waals surface area (Å²) in [4.78, 5) is 0. The summed E-state index contributed by atoms with van der Waals surface area (Å²) in [6.07, 6.45) is -0.135. The Bertz CT molecular complexity index is 426. The third kappa shape index (κ3) is 2.19. The van der Waals surface area contributed by atoms with Crippen LogP contribution in [0.1, 0.15) is 17.5 Å². The highest BCUT2D eigenvalue weighted by atomic mass is 16.3. The zero-order valence-electron chi connectivity index (χ0n) is 8.41. The van der Waals surface area contributed by atoms with E-state index in [1.807, 2.05) is 30.3 Å². The van der Waals surface area contributed by atoms with Crippen LogP contribution < -0.4 is 0 Å². The summed E-state index contributed by atoms with van der Waals surface area (Å²) >= 11 is 0. The summed E-state index contributed by atoms with van der Waals surface area (Å²) in [5.41, 5.74) is 0.875. The van der Waals surface area contributed by atoms with Gasteiger partial charge in [0.05, 0.1) is 6.10 Å². The van der Waals surface area contributed by atoms with E-state index in [0.717, 1.165) is 5.56 Å². The molecule has 0 spiro atoms. The van der Waals surface area contributed by atoms with Gasteiger partial charge in [0.25, 0.3) is 0 Å². The number of hydrogen-bond acceptors (Lipinski definition) is 4. The molecule has 1 atom stereocenters. The van der Waals surface area contributed by atoms with Gasteiger partial charge >= 0.3 is 0 Å². The number of aryl methyl sites for hydroxylation is 1. The van der Waals surface area contributed by atoms with Crippen molar-refractivity contribution in [3.8, 4) is 0 Å². The van der Waals surface area contributed by atoms with Crippen LogP contribution in [0, 0.1) is 0 Å². The fraction of sp³-hybridized carbons (Fsp3) is 0.300. The zero-order valence-corrected chi connectivity index (χ0v) is 8.41. The lowest BCUT2D eigenvalue weighted by Gasteiger charge is -2.08. The van der Waals surface area contributed by atoms with Crippen molar-refractivity contribution in [2.24, 2.45) is 7.05 Å². The van der Waals surface area contributed by atoms with E-state index in [-0.39, 0.29) is 0 Å². The molecule has 1 N–H and O–H groups in total. The number of rotatable bonds is 3. The fourth-order valence-electron chi connectivity index (χ4n) is 1.39. The van der Waals surface area contributed by atoms with Gasteiger partial charge in [0.1, 0.15) is 0 Å². The molecule has 2 aromatic rings. The topological polar surface area (TPSA) is 63.8 Å². The molecule has 0 aliphatic rings. The van der Waals surface area contributed by atoms with Crippen LogP contribution in [-0.4, -0.2) is 25.3 Å². The minimum Gasteiger partial charge on any atom is -0.388 e. The number of nitrogens with zero attached hydrogens (tertiary/aromatic N) is 4. The van der Waals surface area contributed by atoms with Gasteiger partial charge in [-0.15, -0.1) is 5.10 Å². The molecule has 1 heterocycles. The van der Waals surface area contributed by atoms with Crippen LogP contribution in [0.5, 0.6) is 0 Å². The standard InChI is InChI=1S/C10H12N4O/c1-14-10(11-12-13-14)7-9(15)8-5-3-2-4-6-8/h2-6,9,15H,7H2,1H3.